The Kier molecular flexibility index (Phi) is 8.07. The maximum absolute atomic E-state index is 12.3. The molecule has 0 radical (unpaired) electrons. The molecule has 11 nitrogen and oxygen atoms in total. The molecule has 1 saturated carbocycles. The van der Waals surface area contributed by atoms with Crippen molar-refractivity contribution in [3.05, 3.63) is 44.1 Å². The Morgan fingerprint density at radius 1 is 1.25 bits per heavy atom. The van der Waals surface area contributed by atoms with Gasteiger partial charge in [-0.3, -0.25) is 14.6 Å². The number of alkyl halides is 3. The highest BCUT2D eigenvalue weighted by molar-refractivity contribution is 5.81. The van der Waals surface area contributed by atoms with E-state index in [2.05, 4.69) is 20.3 Å². The Morgan fingerprint density at radius 2 is 1.92 bits per heavy atom. The van der Waals surface area contributed by atoms with E-state index in [0.29, 0.717) is 25.1 Å². The van der Waals surface area contributed by atoms with E-state index in [0.717, 1.165) is 35.9 Å². The highest BCUT2D eigenvalue weighted by Gasteiger charge is 2.38. The molecule has 1 aromatic carbocycles. The number of aryl methyl sites for hydroxylation is 2. The second-order valence-electron chi connectivity index (χ2n) is 8.35. The molecule has 3 aliphatic rings. The molecule has 1 fully saturated rings. The van der Waals surface area contributed by atoms with Crippen LogP contribution in [0.25, 0.3) is 22.6 Å². The van der Waals surface area contributed by atoms with Crippen LogP contribution in [-0.2, 0) is 20.9 Å². The number of hydrogen-bond donors (Lipinski definition) is 3. The standard InChI is InChI=1S/C20H23N5O4.C2HF3O2/c1-11-7-15-16(8-12(11)2)25(18-17(22-15)19(27)24-20(28)23-18)6-5-21-13-3-4-14(9-13)29-10-26;3-2(4,5)1(6)7/h7-8,10,13-14,21H,3-6,9H2,1-2H3,(H,24,27,28);(H,6,7)/t13-,14+;/m0./s1. The van der Waals surface area contributed by atoms with Gasteiger partial charge in [-0.1, -0.05) is 0 Å². The number of hydrogen-bond acceptors (Lipinski definition) is 8. The fourth-order valence-electron chi connectivity index (χ4n) is 3.98. The summed E-state index contributed by atoms with van der Waals surface area (Å²) in [7, 11) is 0. The molecule has 0 spiro atoms. The van der Waals surface area contributed by atoms with E-state index < -0.39 is 23.4 Å². The van der Waals surface area contributed by atoms with Gasteiger partial charge in [-0.2, -0.15) is 18.2 Å². The molecule has 0 amide bonds. The molecule has 4 rings (SSSR count). The summed E-state index contributed by atoms with van der Waals surface area (Å²) in [6.07, 6.45) is -2.56. The van der Waals surface area contributed by atoms with Crippen LogP contribution in [0.2, 0.25) is 0 Å². The van der Waals surface area contributed by atoms with Crippen LogP contribution in [0.15, 0.2) is 21.7 Å². The van der Waals surface area contributed by atoms with Gasteiger partial charge in [-0.05, 0) is 56.4 Å². The smallest absolute Gasteiger partial charge is 0.475 e. The molecular formula is C22H24F3N5O6. The summed E-state index contributed by atoms with van der Waals surface area (Å²) >= 11 is 0. The number of carboxylic acid groups (broad SMARTS) is 1. The van der Waals surface area contributed by atoms with E-state index in [1.165, 1.54) is 0 Å². The molecule has 3 N–H and O–H groups in total. The minimum Gasteiger partial charge on any atom is -0.475 e. The molecule has 0 aromatic heterocycles. The molecule has 0 unspecified atom stereocenters. The molecule has 1 aromatic rings. The number of halogens is 3. The van der Waals surface area contributed by atoms with Crippen molar-refractivity contribution in [2.24, 2.45) is 0 Å². The van der Waals surface area contributed by atoms with Crippen LogP contribution in [0.1, 0.15) is 30.4 Å². The van der Waals surface area contributed by atoms with Crippen LogP contribution in [0.3, 0.4) is 0 Å². The topological polar surface area (TPSA) is 156 Å². The lowest BCUT2D eigenvalue weighted by atomic mass is 10.1. The Hall–Kier alpha value is -3.81. The predicted molar refractivity (Wildman–Crippen MR) is 121 cm³/mol. The third kappa shape index (κ3) is 6.24. The van der Waals surface area contributed by atoms with Crippen molar-refractivity contribution < 1.29 is 32.6 Å². The highest BCUT2D eigenvalue weighted by Crippen LogP contribution is 2.24. The summed E-state index contributed by atoms with van der Waals surface area (Å²) < 4.78 is 38.7. The Balaban J connectivity index is 0.000000454. The minimum absolute atomic E-state index is 0.0332. The molecule has 194 valence electrons. The number of benzene rings is 1. The number of nitrogens with zero attached hydrogens (tertiary/aromatic N) is 3. The molecule has 2 heterocycles. The number of fused-ring (bicyclic) bond motifs is 2. The Bertz CT molecular complexity index is 1350. The first-order chi connectivity index (χ1) is 16.9. The molecule has 2 aliphatic heterocycles. The normalized spacial score (nSPS) is 17.6. The van der Waals surface area contributed by atoms with Crippen LogP contribution < -0.4 is 16.6 Å². The zero-order valence-corrected chi connectivity index (χ0v) is 19.4. The van der Waals surface area contributed by atoms with Gasteiger partial charge in [0.25, 0.3) is 12.0 Å². The number of ether oxygens (including phenoxy) is 1. The summed E-state index contributed by atoms with van der Waals surface area (Å²) in [6, 6.07) is 4.21. The predicted octanol–water partition coefficient (Wildman–Crippen LogP) is 1.52. The van der Waals surface area contributed by atoms with Gasteiger partial charge in [0.1, 0.15) is 6.10 Å². The van der Waals surface area contributed by atoms with Gasteiger partial charge in [-0.25, -0.2) is 14.6 Å². The van der Waals surface area contributed by atoms with E-state index in [4.69, 9.17) is 14.6 Å². The number of aliphatic carboxylic acids is 1. The number of aromatic nitrogens is 4. The van der Waals surface area contributed by atoms with E-state index in [1.54, 1.807) is 0 Å². The van der Waals surface area contributed by atoms with Crippen LogP contribution >= 0.6 is 0 Å². The molecular weight excluding hydrogens is 487 g/mol. The lowest BCUT2D eigenvalue weighted by Gasteiger charge is -2.19. The second-order valence-corrected chi connectivity index (χ2v) is 8.35. The van der Waals surface area contributed by atoms with Crippen molar-refractivity contribution in [1.82, 2.24) is 24.8 Å². The lowest BCUT2D eigenvalue weighted by Crippen LogP contribution is -2.33. The van der Waals surface area contributed by atoms with Crippen molar-refractivity contribution in [3.63, 3.8) is 0 Å². The van der Waals surface area contributed by atoms with E-state index >= 15 is 0 Å². The maximum Gasteiger partial charge on any atom is 0.490 e. The van der Waals surface area contributed by atoms with Crippen LogP contribution in [0.4, 0.5) is 13.2 Å². The molecule has 0 bridgehead atoms. The Morgan fingerprint density at radius 3 is 2.56 bits per heavy atom. The summed E-state index contributed by atoms with van der Waals surface area (Å²) in [5.74, 6) is -2.47. The number of nitrogens with one attached hydrogen (secondary N) is 2. The van der Waals surface area contributed by atoms with Gasteiger partial charge in [0.05, 0.1) is 11.0 Å². The fraction of sp³-hybridized carbons (Fsp3) is 0.455. The van der Waals surface area contributed by atoms with E-state index in [-0.39, 0.29) is 23.7 Å². The quantitative estimate of drug-likeness (QED) is 0.330. The molecule has 2 atom stereocenters. The van der Waals surface area contributed by atoms with Crippen molar-refractivity contribution in [2.75, 3.05) is 6.54 Å². The Labute approximate surface area is 201 Å². The molecule has 1 aliphatic carbocycles. The van der Waals surface area contributed by atoms with Crippen molar-refractivity contribution in [2.45, 2.75) is 58.0 Å². The van der Waals surface area contributed by atoms with Crippen LogP contribution in [-0.4, -0.2) is 61.9 Å². The number of carbonyl (C=O) groups is 2. The third-order valence-corrected chi connectivity index (χ3v) is 5.87. The zero-order chi connectivity index (χ0) is 26.6. The highest BCUT2D eigenvalue weighted by atomic mass is 19.4. The van der Waals surface area contributed by atoms with Gasteiger partial charge >= 0.3 is 17.8 Å². The number of carbonyl (C=O) groups excluding carboxylic acids is 1. The van der Waals surface area contributed by atoms with Crippen molar-refractivity contribution in [3.8, 4) is 11.5 Å². The number of carboxylic acids is 1. The first kappa shape index (κ1) is 26.8. The maximum atomic E-state index is 12.3. The zero-order valence-electron chi connectivity index (χ0n) is 19.4. The molecule has 36 heavy (non-hydrogen) atoms. The average Bonchev–Trinajstić information content (AvgIpc) is 3.22. The summed E-state index contributed by atoms with van der Waals surface area (Å²) in [4.78, 5) is 54.2. The molecule has 14 heteroatoms. The second kappa shape index (κ2) is 10.8. The summed E-state index contributed by atoms with van der Waals surface area (Å²) in [6.45, 7) is 5.65. The van der Waals surface area contributed by atoms with E-state index in [1.807, 2.05) is 30.5 Å². The minimum atomic E-state index is -5.08. The van der Waals surface area contributed by atoms with Gasteiger partial charge in [0.15, 0.2) is 11.5 Å². The van der Waals surface area contributed by atoms with Crippen LogP contribution in [0, 0.1) is 13.8 Å². The summed E-state index contributed by atoms with van der Waals surface area (Å²) in [5, 5.41) is 10.6. The third-order valence-electron chi connectivity index (χ3n) is 5.87. The summed E-state index contributed by atoms with van der Waals surface area (Å²) in [5.41, 5.74) is 2.62. The largest absolute Gasteiger partial charge is 0.490 e. The average molecular weight is 511 g/mol. The SMILES string of the molecule is Cc1cc2nc3c(=O)[nH]c(=O)nc-3n(CCN[C@H]3CC[C@@H](OC=O)C3)c2cc1C.O=C(O)C(F)(F)F. The van der Waals surface area contributed by atoms with Gasteiger partial charge in [0.2, 0.25) is 0 Å². The number of aromatic amines is 1. The molecule has 0 saturated heterocycles. The van der Waals surface area contributed by atoms with E-state index in [9.17, 15) is 27.6 Å². The monoisotopic (exact) mass is 511 g/mol. The number of H-pyrrole nitrogens is 1. The first-order valence-electron chi connectivity index (χ1n) is 10.9. The lowest BCUT2D eigenvalue weighted by molar-refractivity contribution is -0.192. The number of rotatable bonds is 6. The van der Waals surface area contributed by atoms with Gasteiger partial charge in [0, 0.05) is 19.1 Å². The first-order valence-corrected chi connectivity index (χ1v) is 10.9. The fourth-order valence-corrected chi connectivity index (χ4v) is 3.98. The van der Waals surface area contributed by atoms with Crippen molar-refractivity contribution >= 4 is 23.5 Å². The van der Waals surface area contributed by atoms with Gasteiger partial charge < -0.3 is 19.7 Å². The van der Waals surface area contributed by atoms with Gasteiger partial charge in [-0.15, -0.1) is 0 Å². The van der Waals surface area contributed by atoms with Crippen molar-refractivity contribution in [1.29, 1.82) is 0 Å². The van der Waals surface area contributed by atoms with Crippen LogP contribution in [0.5, 0.6) is 0 Å².